The molecule has 2 heterocycles. The van der Waals surface area contributed by atoms with Crippen LogP contribution < -0.4 is 5.32 Å². The molecule has 1 atom stereocenters. The normalized spacial score (nSPS) is 21.1. The van der Waals surface area contributed by atoms with Crippen molar-refractivity contribution in [3.05, 3.63) is 66.3 Å². The minimum Gasteiger partial charge on any atom is -0.379 e. The predicted octanol–water partition coefficient (Wildman–Crippen LogP) is 5.52. The van der Waals surface area contributed by atoms with Gasteiger partial charge in [-0.1, -0.05) is 48.6 Å². The highest BCUT2D eigenvalue weighted by molar-refractivity contribution is 7.26. The highest BCUT2D eigenvalue weighted by atomic mass is 32.1. The molecule has 0 saturated carbocycles. The van der Waals surface area contributed by atoms with Gasteiger partial charge in [-0.25, -0.2) is 0 Å². The Morgan fingerprint density at radius 3 is 2.90 bits per heavy atom. The van der Waals surface area contributed by atoms with E-state index in [0.29, 0.717) is 6.04 Å². The highest BCUT2D eigenvalue weighted by Gasteiger charge is 2.13. The van der Waals surface area contributed by atoms with Gasteiger partial charge in [-0.15, -0.1) is 11.3 Å². The molecule has 0 spiro atoms. The summed E-state index contributed by atoms with van der Waals surface area (Å²) in [5, 5.41) is 6.37. The van der Waals surface area contributed by atoms with E-state index in [1.165, 1.54) is 31.4 Å². The van der Waals surface area contributed by atoms with E-state index in [4.69, 9.17) is 0 Å². The van der Waals surface area contributed by atoms with Gasteiger partial charge in [0.1, 0.15) is 0 Å². The molecule has 0 radical (unpaired) electrons. The molecule has 1 nitrogen and oxygen atoms in total. The summed E-state index contributed by atoms with van der Waals surface area (Å²) in [6, 6.07) is 13.5. The van der Waals surface area contributed by atoms with Crippen molar-refractivity contribution in [2.24, 2.45) is 0 Å². The predicted molar refractivity (Wildman–Crippen MR) is 94.4 cm³/mol. The van der Waals surface area contributed by atoms with E-state index >= 15 is 0 Å². The first-order valence-electron chi connectivity index (χ1n) is 7.36. The van der Waals surface area contributed by atoms with Gasteiger partial charge in [0.15, 0.2) is 0 Å². The summed E-state index contributed by atoms with van der Waals surface area (Å²) in [5.74, 6) is 0. The summed E-state index contributed by atoms with van der Waals surface area (Å²) in [7, 11) is 0. The van der Waals surface area contributed by atoms with Crippen molar-refractivity contribution >= 4 is 37.2 Å². The molecule has 0 saturated heterocycles. The van der Waals surface area contributed by atoms with Gasteiger partial charge in [0.05, 0.1) is 0 Å². The average Bonchev–Trinajstić information content (AvgIpc) is 2.89. The average molecular weight is 291 g/mol. The van der Waals surface area contributed by atoms with Gasteiger partial charge in [-0.2, -0.15) is 0 Å². The van der Waals surface area contributed by atoms with E-state index in [9.17, 15) is 0 Å². The standard InChI is InChI=1S/C19H17NS/c1-13-7-3-2-4-9-16-17(20-13)12-11-15-14-8-5-6-10-18(14)21-19(15)16/h2-8,10-13,20H,9H2,1H3/b4-2-,7-3-. The molecule has 0 bridgehead atoms. The van der Waals surface area contributed by atoms with Crippen LogP contribution in [0.1, 0.15) is 12.5 Å². The number of thiophene rings is 1. The Hall–Kier alpha value is -2.06. The highest BCUT2D eigenvalue weighted by Crippen LogP contribution is 2.39. The monoisotopic (exact) mass is 291 g/mol. The van der Waals surface area contributed by atoms with Crippen LogP contribution in [0.4, 0.5) is 5.69 Å². The van der Waals surface area contributed by atoms with Crippen LogP contribution in [0, 0.1) is 0 Å². The fourth-order valence-corrected chi connectivity index (χ4v) is 4.23. The molecule has 1 unspecified atom stereocenters. The fraction of sp³-hybridized carbons (Fsp3) is 0.158. The smallest absolute Gasteiger partial charge is 0.0419 e. The van der Waals surface area contributed by atoms with Gasteiger partial charge >= 0.3 is 0 Å². The van der Waals surface area contributed by atoms with Gasteiger partial charge in [0.25, 0.3) is 0 Å². The Kier molecular flexibility index (Phi) is 3.04. The Labute approximate surface area is 128 Å². The van der Waals surface area contributed by atoms with E-state index in [2.05, 4.69) is 72.9 Å². The zero-order valence-corrected chi connectivity index (χ0v) is 12.8. The van der Waals surface area contributed by atoms with Crippen LogP contribution in [-0.4, -0.2) is 6.04 Å². The topological polar surface area (TPSA) is 12.0 Å². The van der Waals surface area contributed by atoms with Crippen molar-refractivity contribution in [2.45, 2.75) is 19.4 Å². The van der Waals surface area contributed by atoms with Crippen molar-refractivity contribution in [3.8, 4) is 0 Å². The van der Waals surface area contributed by atoms with Crippen LogP contribution in [0.15, 0.2) is 60.7 Å². The second-order valence-electron chi connectivity index (χ2n) is 5.52. The first-order valence-corrected chi connectivity index (χ1v) is 8.17. The quantitative estimate of drug-likeness (QED) is 0.574. The maximum Gasteiger partial charge on any atom is 0.0419 e. The SMILES string of the molecule is CC1/C=C\C=C/Cc2c(ccc3c2sc2ccccc23)N1. The Balaban J connectivity index is 2.00. The third-order valence-electron chi connectivity index (χ3n) is 4.00. The summed E-state index contributed by atoms with van der Waals surface area (Å²) in [5.41, 5.74) is 2.68. The third-order valence-corrected chi connectivity index (χ3v) is 5.25. The lowest BCUT2D eigenvalue weighted by atomic mass is 10.0. The van der Waals surface area contributed by atoms with Crippen molar-refractivity contribution in [3.63, 3.8) is 0 Å². The van der Waals surface area contributed by atoms with Gasteiger partial charge < -0.3 is 5.32 Å². The molecule has 2 aromatic carbocycles. The molecule has 1 aliphatic heterocycles. The van der Waals surface area contributed by atoms with E-state index in [1.54, 1.807) is 0 Å². The number of anilines is 1. The number of hydrogen-bond donors (Lipinski definition) is 1. The lowest BCUT2D eigenvalue weighted by Crippen LogP contribution is -2.12. The van der Waals surface area contributed by atoms with Crippen LogP contribution in [0.2, 0.25) is 0 Å². The number of rotatable bonds is 0. The molecule has 0 fully saturated rings. The van der Waals surface area contributed by atoms with Crippen LogP contribution in [-0.2, 0) is 6.42 Å². The van der Waals surface area contributed by atoms with Crippen molar-refractivity contribution in [1.82, 2.24) is 0 Å². The lowest BCUT2D eigenvalue weighted by Gasteiger charge is -2.15. The van der Waals surface area contributed by atoms with E-state index in [1.807, 2.05) is 11.3 Å². The lowest BCUT2D eigenvalue weighted by molar-refractivity contribution is 0.995. The molecule has 1 aliphatic rings. The minimum atomic E-state index is 0.346. The van der Waals surface area contributed by atoms with Crippen LogP contribution >= 0.6 is 11.3 Å². The molecule has 1 aromatic heterocycles. The fourth-order valence-electron chi connectivity index (χ4n) is 2.97. The van der Waals surface area contributed by atoms with Crippen LogP contribution in [0.5, 0.6) is 0 Å². The number of hydrogen-bond acceptors (Lipinski definition) is 2. The number of benzene rings is 2. The zero-order chi connectivity index (χ0) is 14.2. The third kappa shape index (κ3) is 2.16. The summed E-state index contributed by atoms with van der Waals surface area (Å²) in [6.07, 6.45) is 9.70. The molecule has 0 aliphatic carbocycles. The molecular formula is C19H17NS. The van der Waals surface area contributed by atoms with E-state index < -0.39 is 0 Å². The Morgan fingerprint density at radius 2 is 1.95 bits per heavy atom. The number of nitrogens with one attached hydrogen (secondary N) is 1. The zero-order valence-electron chi connectivity index (χ0n) is 12.0. The van der Waals surface area contributed by atoms with Crippen LogP contribution in [0.25, 0.3) is 20.2 Å². The second-order valence-corrected chi connectivity index (χ2v) is 6.57. The molecule has 3 aromatic rings. The Morgan fingerprint density at radius 1 is 1.05 bits per heavy atom. The number of fused-ring (bicyclic) bond motifs is 5. The summed E-state index contributed by atoms with van der Waals surface area (Å²) in [4.78, 5) is 0. The molecule has 21 heavy (non-hydrogen) atoms. The molecule has 0 amide bonds. The largest absolute Gasteiger partial charge is 0.379 e. The number of allylic oxidation sites excluding steroid dienone is 3. The molecular weight excluding hydrogens is 274 g/mol. The van der Waals surface area contributed by atoms with Gasteiger partial charge in [-0.05, 0) is 31.0 Å². The van der Waals surface area contributed by atoms with Gasteiger partial charge in [-0.3, -0.25) is 0 Å². The molecule has 4 rings (SSSR count). The van der Waals surface area contributed by atoms with Crippen molar-refractivity contribution in [1.29, 1.82) is 0 Å². The van der Waals surface area contributed by atoms with Crippen LogP contribution in [0.3, 0.4) is 0 Å². The summed E-state index contributed by atoms with van der Waals surface area (Å²) in [6.45, 7) is 2.19. The molecule has 2 heteroatoms. The Bertz CT molecular complexity index is 870. The van der Waals surface area contributed by atoms with Gasteiger partial charge in [0.2, 0.25) is 0 Å². The summed E-state index contributed by atoms with van der Waals surface area (Å²) < 4.78 is 2.79. The second kappa shape index (κ2) is 5.05. The van der Waals surface area contributed by atoms with E-state index in [0.717, 1.165) is 6.42 Å². The first-order chi connectivity index (χ1) is 10.3. The maximum atomic E-state index is 3.62. The minimum absolute atomic E-state index is 0.346. The maximum absolute atomic E-state index is 3.62. The first kappa shape index (κ1) is 12.7. The summed E-state index contributed by atoms with van der Waals surface area (Å²) >= 11 is 1.91. The van der Waals surface area contributed by atoms with E-state index in [-0.39, 0.29) is 0 Å². The van der Waals surface area contributed by atoms with Gasteiger partial charge in [0, 0.05) is 31.9 Å². The van der Waals surface area contributed by atoms with Crippen molar-refractivity contribution in [2.75, 3.05) is 5.32 Å². The van der Waals surface area contributed by atoms with Crippen molar-refractivity contribution < 1.29 is 0 Å². The molecule has 1 N–H and O–H groups in total. The molecule has 104 valence electrons.